The second-order valence-electron chi connectivity index (χ2n) is 12.9. The molecule has 0 saturated heterocycles. The number of fused-ring (bicyclic) bond motifs is 3. The number of hydrogen-bond donors (Lipinski definition) is 0. The van der Waals surface area contributed by atoms with Gasteiger partial charge in [-0.15, -0.1) is 11.5 Å². The van der Waals surface area contributed by atoms with Crippen molar-refractivity contribution >= 4 is 44.8 Å². The quantitative estimate of drug-likeness (QED) is 0.0993. The van der Waals surface area contributed by atoms with Gasteiger partial charge >= 0.3 is 16.5 Å². The smallest absolute Gasteiger partial charge is 0.872 e. The van der Waals surface area contributed by atoms with Gasteiger partial charge in [-0.2, -0.15) is 0 Å². The van der Waals surface area contributed by atoms with Gasteiger partial charge in [-0.3, -0.25) is 9.98 Å². The van der Waals surface area contributed by atoms with Gasteiger partial charge in [0.25, 0.3) is 0 Å². The van der Waals surface area contributed by atoms with E-state index in [-0.39, 0.29) is 16.5 Å². The summed E-state index contributed by atoms with van der Waals surface area (Å²) in [5.41, 5.74) is 8.35. The fraction of sp³-hybridized carbons (Fsp3) is 0.317. The minimum Gasteiger partial charge on any atom is -0.872 e. The Labute approximate surface area is 285 Å². The zero-order chi connectivity index (χ0) is 32.8. The van der Waals surface area contributed by atoms with Crippen LogP contribution in [-0.2, 0) is 16.5 Å². The van der Waals surface area contributed by atoms with Gasteiger partial charge in [-0.25, -0.2) is 0 Å². The molecule has 5 aromatic rings. The van der Waals surface area contributed by atoms with E-state index in [1.54, 1.807) is 24.3 Å². The Morgan fingerprint density at radius 1 is 0.500 bits per heavy atom. The molecule has 0 amide bonds. The maximum Gasteiger partial charge on any atom is 2.00 e. The summed E-state index contributed by atoms with van der Waals surface area (Å²) in [5.74, 6) is 0.931. The first-order chi connectivity index (χ1) is 21.4. The molecule has 0 aromatic heterocycles. The summed E-state index contributed by atoms with van der Waals surface area (Å²) >= 11 is 0. The Hall–Kier alpha value is -3.95. The number of aliphatic imine (C=N–C) groups is 2. The van der Waals surface area contributed by atoms with Crippen LogP contribution in [0.4, 0.5) is 11.4 Å². The van der Waals surface area contributed by atoms with Crippen LogP contribution in [0.2, 0.25) is 0 Å². The summed E-state index contributed by atoms with van der Waals surface area (Å²) in [6.07, 6.45) is 1.94. The van der Waals surface area contributed by atoms with E-state index < -0.39 is 11.5 Å². The van der Waals surface area contributed by atoms with E-state index >= 15 is 0 Å². The van der Waals surface area contributed by atoms with Gasteiger partial charge in [0.2, 0.25) is 0 Å². The van der Waals surface area contributed by atoms with Crippen molar-refractivity contribution in [2.24, 2.45) is 9.98 Å². The number of benzene rings is 5. The van der Waals surface area contributed by atoms with Crippen molar-refractivity contribution in [1.29, 1.82) is 0 Å². The minimum atomic E-state index is -0.408. The van der Waals surface area contributed by atoms with Gasteiger partial charge in [-0.05, 0) is 74.4 Å². The Balaban J connectivity index is 0.000000284. The van der Waals surface area contributed by atoms with E-state index in [1.807, 2.05) is 30.5 Å². The molecule has 0 atom stereocenters. The van der Waals surface area contributed by atoms with Crippen molar-refractivity contribution in [3.8, 4) is 11.5 Å². The van der Waals surface area contributed by atoms with Crippen LogP contribution in [0.1, 0.15) is 108 Å². The summed E-state index contributed by atoms with van der Waals surface area (Å²) in [4.78, 5) is 9.97. The monoisotopic (exact) mass is 656 g/mol. The first kappa shape index (κ1) is 36.5. The maximum absolute atomic E-state index is 11.8. The molecule has 0 bridgehead atoms. The van der Waals surface area contributed by atoms with Gasteiger partial charge < -0.3 is 10.2 Å². The maximum atomic E-state index is 11.8. The third kappa shape index (κ3) is 8.06. The third-order valence-corrected chi connectivity index (χ3v) is 8.19. The van der Waals surface area contributed by atoms with Crippen LogP contribution in [-0.4, -0.2) is 11.9 Å². The summed E-state index contributed by atoms with van der Waals surface area (Å²) in [6, 6.07) is 27.5. The number of para-hydroxylation sites is 2. The first-order valence-corrected chi connectivity index (χ1v) is 16.0. The molecule has 46 heavy (non-hydrogen) atoms. The molecule has 0 spiro atoms. The topological polar surface area (TPSA) is 70.8 Å². The van der Waals surface area contributed by atoms with Crippen LogP contribution in [0.15, 0.2) is 94.9 Å². The normalized spacial score (nSPS) is 12.0. The molecular formula is C41H46N2NiO2. The Kier molecular flexibility index (Phi) is 12.7. The minimum absolute atomic E-state index is 0. The van der Waals surface area contributed by atoms with E-state index in [4.69, 9.17) is 9.98 Å². The van der Waals surface area contributed by atoms with Crippen LogP contribution < -0.4 is 10.2 Å². The summed E-state index contributed by atoms with van der Waals surface area (Å²) < 4.78 is 0. The molecule has 0 aliphatic rings. The summed E-state index contributed by atoms with van der Waals surface area (Å²) in [5, 5.41) is 26.4. The van der Waals surface area contributed by atoms with E-state index in [1.165, 1.54) is 22.3 Å². The van der Waals surface area contributed by atoms with Crippen molar-refractivity contribution in [3.63, 3.8) is 0 Å². The molecule has 5 heteroatoms. The molecular weight excluding hydrogens is 611 g/mol. The number of nitrogens with zero attached hydrogens (tertiary/aromatic N) is 2. The molecule has 0 aliphatic carbocycles. The van der Waals surface area contributed by atoms with E-state index in [0.29, 0.717) is 34.4 Å². The molecule has 242 valence electrons. The van der Waals surface area contributed by atoms with Crippen molar-refractivity contribution in [3.05, 3.63) is 107 Å². The molecule has 0 unspecified atom stereocenters. The molecule has 5 rings (SSSR count). The molecule has 0 aliphatic heterocycles. The van der Waals surface area contributed by atoms with E-state index in [2.05, 4.69) is 98.7 Å². The van der Waals surface area contributed by atoms with Crippen LogP contribution in [0.3, 0.4) is 0 Å². The average molecular weight is 658 g/mol. The van der Waals surface area contributed by atoms with E-state index in [0.717, 1.165) is 27.9 Å². The third-order valence-electron chi connectivity index (χ3n) is 8.19. The van der Waals surface area contributed by atoms with E-state index in [9.17, 15) is 10.2 Å². The van der Waals surface area contributed by atoms with Gasteiger partial charge in [0.1, 0.15) is 0 Å². The molecule has 5 aromatic carbocycles. The number of hydrogen-bond acceptors (Lipinski definition) is 4. The molecule has 0 N–H and O–H groups in total. The SMILES string of the molecule is CC(C=Nc1c(C(C)C)cccc1C(C)C)=Nc1c(C(C)C)cccc1C(C)C.[Ni+2].[O-]c1c([O-])c2ccccc2c2ccccc12. The van der Waals surface area contributed by atoms with Crippen molar-refractivity contribution in [2.45, 2.75) is 86.0 Å². The fourth-order valence-corrected chi connectivity index (χ4v) is 5.74. The van der Waals surface area contributed by atoms with Gasteiger partial charge in [-0.1, -0.05) is 140 Å². The van der Waals surface area contributed by atoms with Crippen LogP contribution in [0.5, 0.6) is 11.5 Å². The first-order valence-electron chi connectivity index (χ1n) is 16.0. The average Bonchev–Trinajstić information content (AvgIpc) is 3.02. The largest absolute Gasteiger partial charge is 2.00 e. The van der Waals surface area contributed by atoms with Crippen molar-refractivity contribution in [2.75, 3.05) is 0 Å². The van der Waals surface area contributed by atoms with Crippen molar-refractivity contribution < 1.29 is 26.7 Å². The number of rotatable bonds is 7. The molecule has 0 saturated carbocycles. The standard InChI is InChI=1S/C27H38N2.C14H10O2.Ni/c1-17(2)22-12-10-13-23(18(3)4)26(22)28-16-21(9)29-27-24(19(5)6)14-11-15-25(27)20(7)8;15-13-11-7-3-1-5-9(11)10-6-2-4-8-12(10)14(13)16;/h10-20H,1-9H3;1-8,15-16H;/q;;+2/p-2. The summed E-state index contributed by atoms with van der Waals surface area (Å²) in [6.45, 7) is 19.9. The Bertz CT molecular complexity index is 1740. The molecule has 4 nitrogen and oxygen atoms in total. The predicted octanol–water partition coefficient (Wildman–Crippen LogP) is 10.8. The second kappa shape index (κ2) is 16.1. The Morgan fingerprint density at radius 3 is 1.17 bits per heavy atom. The van der Waals surface area contributed by atoms with Crippen molar-refractivity contribution in [1.82, 2.24) is 0 Å². The van der Waals surface area contributed by atoms with Gasteiger partial charge in [0, 0.05) is 6.21 Å². The zero-order valence-electron chi connectivity index (χ0n) is 28.5. The molecule has 0 radical (unpaired) electrons. The fourth-order valence-electron chi connectivity index (χ4n) is 5.74. The molecule has 0 fully saturated rings. The molecule has 0 heterocycles. The van der Waals surface area contributed by atoms with Gasteiger partial charge in [0.05, 0.1) is 17.1 Å². The van der Waals surface area contributed by atoms with Crippen LogP contribution >= 0.6 is 0 Å². The predicted molar refractivity (Wildman–Crippen MR) is 191 cm³/mol. The summed E-state index contributed by atoms with van der Waals surface area (Å²) in [7, 11) is 0. The van der Waals surface area contributed by atoms with Gasteiger partial charge in [0.15, 0.2) is 0 Å². The van der Waals surface area contributed by atoms with Crippen LogP contribution in [0, 0.1) is 0 Å². The van der Waals surface area contributed by atoms with Crippen LogP contribution in [0.25, 0.3) is 21.5 Å². The second-order valence-corrected chi connectivity index (χ2v) is 12.9. The zero-order valence-corrected chi connectivity index (χ0v) is 29.5. The Morgan fingerprint density at radius 2 is 0.826 bits per heavy atom.